The van der Waals surface area contributed by atoms with E-state index in [4.69, 9.17) is 0 Å². The maximum absolute atomic E-state index is 12.7. The fourth-order valence-corrected chi connectivity index (χ4v) is 3.43. The van der Waals surface area contributed by atoms with Gasteiger partial charge in [0.25, 0.3) is 11.2 Å². The summed E-state index contributed by atoms with van der Waals surface area (Å²) in [6, 6.07) is 13.6. The number of pyridine rings is 2. The number of nitro benzene ring substituents is 1. The lowest BCUT2D eigenvalue weighted by Gasteiger charge is -2.13. The van der Waals surface area contributed by atoms with Gasteiger partial charge in [0, 0.05) is 39.1 Å². The molecule has 0 saturated carbocycles. The Hall–Kier alpha value is -3.06. The smallest absolute Gasteiger partial charge is 0.274 e. The van der Waals surface area contributed by atoms with Crippen LogP contribution in [0, 0.1) is 17.0 Å². The van der Waals surface area contributed by atoms with Gasteiger partial charge in [-0.3, -0.25) is 24.5 Å². The standard InChI is InChI=1S/C19H12BrN3O3/c1-11-2-5-14(9-17(11)23(25)26)22-18(24)7-3-12-10-21-16-6-4-13(20)8-15(16)19(12)22/h2-10H,1H3. The van der Waals surface area contributed by atoms with Gasteiger partial charge < -0.3 is 0 Å². The Kier molecular flexibility index (Phi) is 3.81. The zero-order valence-electron chi connectivity index (χ0n) is 13.6. The highest BCUT2D eigenvalue weighted by Gasteiger charge is 2.15. The molecule has 0 saturated heterocycles. The number of benzene rings is 2. The molecule has 0 spiro atoms. The van der Waals surface area contributed by atoms with E-state index in [9.17, 15) is 14.9 Å². The van der Waals surface area contributed by atoms with Crippen LogP contribution in [0.2, 0.25) is 0 Å². The molecule has 0 amide bonds. The predicted molar refractivity (Wildman–Crippen MR) is 104 cm³/mol. The van der Waals surface area contributed by atoms with Gasteiger partial charge in [-0.1, -0.05) is 22.0 Å². The molecule has 2 heterocycles. The quantitative estimate of drug-likeness (QED) is 0.277. The Labute approximate surface area is 156 Å². The molecular weight excluding hydrogens is 398 g/mol. The van der Waals surface area contributed by atoms with E-state index in [1.54, 1.807) is 31.3 Å². The lowest BCUT2D eigenvalue weighted by Crippen LogP contribution is -2.18. The van der Waals surface area contributed by atoms with Gasteiger partial charge >= 0.3 is 0 Å². The van der Waals surface area contributed by atoms with Crippen molar-refractivity contribution in [3.63, 3.8) is 0 Å². The molecule has 0 aliphatic heterocycles. The van der Waals surface area contributed by atoms with E-state index in [1.807, 2.05) is 18.2 Å². The van der Waals surface area contributed by atoms with Crippen molar-refractivity contribution in [2.45, 2.75) is 6.92 Å². The van der Waals surface area contributed by atoms with Crippen molar-refractivity contribution in [2.75, 3.05) is 0 Å². The molecule has 26 heavy (non-hydrogen) atoms. The normalized spacial score (nSPS) is 11.2. The minimum absolute atomic E-state index is 0.0223. The van der Waals surface area contributed by atoms with Crippen LogP contribution in [-0.2, 0) is 0 Å². The second kappa shape index (κ2) is 6.03. The summed E-state index contributed by atoms with van der Waals surface area (Å²) in [5.74, 6) is 0. The monoisotopic (exact) mass is 409 g/mol. The van der Waals surface area contributed by atoms with Gasteiger partial charge in [0.1, 0.15) is 0 Å². The van der Waals surface area contributed by atoms with Gasteiger partial charge in [0.05, 0.1) is 21.6 Å². The molecular formula is C19H12BrN3O3. The highest BCUT2D eigenvalue weighted by atomic mass is 79.9. The summed E-state index contributed by atoms with van der Waals surface area (Å²) in [6.07, 6.45) is 1.70. The molecule has 4 rings (SSSR count). The minimum Gasteiger partial charge on any atom is -0.276 e. The van der Waals surface area contributed by atoms with E-state index in [0.29, 0.717) is 16.8 Å². The predicted octanol–water partition coefficient (Wildman–Crippen LogP) is 4.52. The van der Waals surface area contributed by atoms with Crippen LogP contribution >= 0.6 is 15.9 Å². The van der Waals surface area contributed by atoms with Crippen LogP contribution in [0.25, 0.3) is 27.5 Å². The fourth-order valence-electron chi connectivity index (χ4n) is 3.07. The molecule has 0 unspecified atom stereocenters. The Morgan fingerprint density at radius 2 is 1.92 bits per heavy atom. The molecule has 0 bridgehead atoms. The van der Waals surface area contributed by atoms with Crippen LogP contribution in [0.15, 0.2) is 64.0 Å². The molecule has 128 valence electrons. The van der Waals surface area contributed by atoms with Crippen molar-refractivity contribution in [1.29, 1.82) is 0 Å². The zero-order valence-corrected chi connectivity index (χ0v) is 15.2. The van der Waals surface area contributed by atoms with Gasteiger partial charge in [-0.2, -0.15) is 0 Å². The van der Waals surface area contributed by atoms with E-state index in [2.05, 4.69) is 20.9 Å². The molecule has 0 fully saturated rings. The molecule has 7 heteroatoms. The highest BCUT2D eigenvalue weighted by Crippen LogP contribution is 2.28. The summed E-state index contributed by atoms with van der Waals surface area (Å²) in [5, 5.41) is 12.9. The molecule has 0 aliphatic rings. The van der Waals surface area contributed by atoms with Gasteiger partial charge in [0.15, 0.2) is 0 Å². The topological polar surface area (TPSA) is 78.0 Å². The Morgan fingerprint density at radius 3 is 2.69 bits per heavy atom. The largest absolute Gasteiger partial charge is 0.276 e. The number of rotatable bonds is 2. The van der Waals surface area contributed by atoms with E-state index in [1.165, 1.54) is 16.7 Å². The van der Waals surface area contributed by atoms with Crippen molar-refractivity contribution >= 4 is 43.4 Å². The maximum Gasteiger partial charge on any atom is 0.274 e. The molecule has 0 N–H and O–H groups in total. The lowest BCUT2D eigenvalue weighted by atomic mass is 10.1. The number of aromatic nitrogens is 2. The number of nitro groups is 1. The number of hydrogen-bond donors (Lipinski definition) is 0. The van der Waals surface area contributed by atoms with E-state index >= 15 is 0 Å². The second-order valence-electron chi connectivity index (χ2n) is 5.96. The summed E-state index contributed by atoms with van der Waals surface area (Å²) >= 11 is 3.45. The van der Waals surface area contributed by atoms with Gasteiger partial charge in [-0.25, -0.2) is 0 Å². The third-order valence-corrected chi connectivity index (χ3v) is 4.82. The highest BCUT2D eigenvalue weighted by molar-refractivity contribution is 9.10. The van der Waals surface area contributed by atoms with E-state index in [-0.39, 0.29) is 11.2 Å². The fraction of sp³-hybridized carbons (Fsp3) is 0.0526. The third-order valence-electron chi connectivity index (χ3n) is 4.33. The summed E-state index contributed by atoms with van der Waals surface area (Å²) in [4.78, 5) is 28.0. The van der Waals surface area contributed by atoms with E-state index < -0.39 is 4.92 Å². The van der Waals surface area contributed by atoms with Crippen LogP contribution < -0.4 is 5.56 Å². The molecule has 0 atom stereocenters. The van der Waals surface area contributed by atoms with Crippen molar-refractivity contribution in [3.05, 3.63) is 85.2 Å². The zero-order chi connectivity index (χ0) is 18.4. The van der Waals surface area contributed by atoms with Crippen molar-refractivity contribution in [3.8, 4) is 5.69 Å². The minimum atomic E-state index is -0.439. The lowest BCUT2D eigenvalue weighted by molar-refractivity contribution is -0.385. The Morgan fingerprint density at radius 1 is 1.12 bits per heavy atom. The van der Waals surface area contributed by atoms with Crippen molar-refractivity contribution < 1.29 is 4.92 Å². The number of aryl methyl sites for hydroxylation is 1. The summed E-state index contributed by atoms with van der Waals surface area (Å²) in [6.45, 7) is 1.67. The number of fused-ring (bicyclic) bond motifs is 3. The van der Waals surface area contributed by atoms with Gasteiger partial charge in [-0.15, -0.1) is 0 Å². The molecule has 0 aliphatic carbocycles. The molecule has 2 aromatic heterocycles. The molecule has 2 aromatic carbocycles. The second-order valence-corrected chi connectivity index (χ2v) is 6.87. The van der Waals surface area contributed by atoms with Crippen LogP contribution in [0.1, 0.15) is 5.56 Å². The van der Waals surface area contributed by atoms with E-state index in [0.717, 1.165) is 20.8 Å². The van der Waals surface area contributed by atoms with Gasteiger partial charge in [-0.05, 0) is 37.3 Å². The molecule has 4 aromatic rings. The van der Waals surface area contributed by atoms with Crippen LogP contribution in [0.5, 0.6) is 0 Å². The van der Waals surface area contributed by atoms with Crippen LogP contribution in [0.4, 0.5) is 5.69 Å². The van der Waals surface area contributed by atoms with Crippen molar-refractivity contribution in [2.24, 2.45) is 0 Å². The van der Waals surface area contributed by atoms with Crippen LogP contribution in [0.3, 0.4) is 0 Å². The first-order chi connectivity index (χ1) is 12.5. The average molecular weight is 410 g/mol. The Bertz CT molecular complexity index is 1260. The molecule has 0 radical (unpaired) electrons. The Balaban J connectivity index is 2.18. The number of hydrogen-bond acceptors (Lipinski definition) is 4. The first-order valence-corrected chi connectivity index (χ1v) is 8.60. The first kappa shape index (κ1) is 16.4. The summed E-state index contributed by atoms with van der Waals surface area (Å²) < 4.78 is 2.36. The summed E-state index contributed by atoms with van der Waals surface area (Å²) in [5.41, 5.74) is 2.12. The third kappa shape index (κ3) is 2.57. The van der Waals surface area contributed by atoms with Crippen LogP contribution in [-0.4, -0.2) is 14.5 Å². The SMILES string of the molecule is Cc1ccc(-n2c(=O)ccc3cnc4ccc(Br)cc4c32)cc1[N+](=O)[O-]. The maximum atomic E-state index is 12.7. The average Bonchev–Trinajstić information content (AvgIpc) is 2.62. The number of halogens is 1. The first-order valence-electron chi connectivity index (χ1n) is 7.81. The number of nitrogens with zero attached hydrogens (tertiary/aromatic N) is 3. The van der Waals surface area contributed by atoms with Gasteiger partial charge in [0.2, 0.25) is 0 Å². The summed E-state index contributed by atoms with van der Waals surface area (Å²) in [7, 11) is 0. The molecule has 6 nitrogen and oxygen atoms in total. The van der Waals surface area contributed by atoms with Crippen molar-refractivity contribution in [1.82, 2.24) is 9.55 Å².